The van der Waals surface area contributed by atoms with E-state index in [1.807, 2.05) is 42.9 Å². The van der Waals surface area contributed by atoms with Gasteiger partial charge in [-0.15, -0.1) is 11.8 Å². The van der Waals surface area contributed by atoms with Crippen LogP contribution in [0.4, 0.5) is 5.69 Å². The zero-order chi connectivity index (χ0) is 15.2. The summed E-state index contributed by atoms with van der Waals surface area (Å²) in [5.74, 6) is 0.918. The van der Waals surface area contributed by atoms with E-state index in [-0.39, 0.29) is 0 Å². The third kappa shape index (κ3) is 3.78. The molecule has 0 fully saturated rings. The second-order valence-electron chi connectivity index (χ2n) is 4.55. The summed E-state index contributed by atoms with van der Waals surface area (Å²) >= 11 is 1.54. The highest BCUT2D eigenvalue weighted by molar-refractivity contribution is 7.99. The lowest BCUT2D eigenvalue weighted by atomic mass is 10.1. The first-order chi connectivity index (χ1) is 10.1. The van der Waals surface area contributed by atoms with Crippen molar-refractivity contribution in [2.75, 3.05) is 17.6 Å². The van der Waals surface area contributed by atoms with Gasteiger partial charge >= 0.3 is 5.97 Å². The highest BCUT2D eigenvalue weighted by Crippen LogP contribution is 2.28. The van der Waals surface area contributed by atoms with Crippen LogP contribution in [0.3, 0.4) is 0 Å². The number of aromatic nitrogens is 2. The molecule has 0 atom stereocenters. The van der Waals surface area contributed by atoms with E-state index in [9.17, 15) is 9.90 Å². The number of rotatable bonds is 7. The van der Waals surface area contributed by atoms with E-state index < -0.39 is 5.97 Å². The van der Waals surface area contributed by atoms with Crippen LogP contribution in [-0.4, -0.2) is 32.9 Å². The number of hydrogen-bond donors (Lipinski definition) is 2. The Hall–Kier alpha value is -1.95. The van der Waals surface area contributed by atoms with Crippen LogP contribution in [0.25, 0.3) is 0 Å². The van der Waals surface area contributed by atoms with Crippen molar-refractivity contribution in [1.29, 1.82) is 0 Å². The monoisotopic (exact) mass is 305 g/mol. The standard InChI is InChI=1S/C15H19N3O2S/c1-3-21-12-6-4-5-11(14(12)15(19)20)16-8-7-13-17-9-10-18(13)2/h4-6,9-10,16H,3,7-8H2,1-2H3,(H,19,20). The zero-order valence-electron chi connectivity index (χ0n) is 12.2. The molecule has 1 aromatic heterocycles. The number of hydrogen-bond acceptors (Lipinski definition) is 4. The SMILES string of the molecule is CCSc1cccc(NCCc2nccn2C)c1C(=O)O. The number of carboxylic acids is 1. The van der Waals surface area contributed by atoms with Crippen molar-refractivity contribution in [2.45, 2.75) is 18.2 Å². The molecule has 0 aliphatic rings. The maximum Gasteiger partial charge on any atom is 0.338 e. The van der Waals surface area contributed by atoms with Gasteiger partial charge in [-0.05, 0) is 17.9 Å². The van der Waals surface area contributed by atoms with E-state index in [2.05, 4.69) is 10.3 Å². The summed E-state index contributed by atoms with van der Waals surface area (Å²) in [4.78, 5) is 16.5. The number of carbonyl (C=O) groups is 1. The lowest BCUT2D eigenvalue weighted by Gasteiger charge is -2.12. The predicted molar refractivity (Wildman–Crippen MR) is 85.2 cm³/mol. The number of thioether (sulfide) groups is 1. The minimum Gasteiger partial charge on any atom is -0.478 e. The van der Waals surface area contributed by atoms with Crippen LogP contribution in [0.2, 0.25) is 0 Å². The summed E-state index contributed by atoms with van der Waals surface area (Å²) in [7, 11) is 1.95. The van der Waals surface area contributed by atoms with Crippen molar-refractivity contribution >= 4 is 23.4 Å². The first-order valence-corrected chi connectivity index (χ1v) is 7.81. The number of aryl methyl sites for hydroxylation is 1. The van der Waals surface area contributed by atoms with Crippen molar-refractivity contribution in [3.05, 3.63) is 42.0 Å². The summed E-state index contributed by atoms with van der Waals surface area (Å²) in [5, 5.41) is 12.6. The fourth-order valence-corrected chi connectivity index (χ4v) is 2.95. The van der Waals surface area contributed by atoms with Gasteiger partial charge in [0.25, 0.3) is 0 Å². The van der Waals surface area contributed by atoms with Crippen LogP contribution in [0.5, 0.6) is 0 Å². The van der Waals surface area contributed by atoms with Gasteiger partial charge in [0.15, 0.2) is 0 Å². The molecule has 0 unspecified atom stereocenters. The summed E-state index contributed by atoms with van der Waals surface area (Å²) in [6, 6.07) is 5.54. The van der Waals surface area contributed by atoms with E-state index in [0.717, 1.165) is 22.9 Å². The molecule has 112 valence electrons. The fraction of sp³-hybridized carbons (Fsp3) is 0.333. The molecule has 0 amide bonds. The third-order valence-corrected chi connectivity index (χ3v) is 4.06. The average Bonchev–Trinajstić information content (AvgIpc) is 2.85. The molecule has 0 bridgehead atoms. The Morgan fingerprint density at radius 1 is 1.48 bits per heavy atom. The molecule has 0 spiro atoms. The van der Waals surface area contributed by atoms with E-state index >= 15 is 0 Å². The van der Waals surface area contributed by atoms with Crippen LogP contribution in [0.15, 0.2) is 35.5 Å². The Bertz CT molecular complexity index is 625. The van der Waals surface area contributed by atoms with Gasteiger partial charge in [0, 0.05) is 43.0 Å². The second kappa shape index (κ2) is 7.17. The van der Waals surface area contributed by atoms with E-state index in [4.69, 9.17) is 0 Å². The van der Waals surface area contributed by atoms with Crippen molar-refractivity contribution in [2.24, 2.45) is 7.05 Å². The molecule has 0 saturated heterocycles. The van der Waals surface area contributed by atoms with Gasteiger partial charge in [0.05, 0.1) is 5.56 Å². The number of benzene rings is 1. The quantitative estimate of drug-likeness (QED) is 0.770. The van der Waals surface area contributed by atoms with Crippen molar-refractivity contribution in [3.8, 4) is 0 Å². The van der Waals surface area contributed by atoms with Gasteiger partial charge < -0.3 is 15.0 Å². The van der Waals surface area contributed by atoms with E-state index in [0.29, 0.717) is 17.8 Å². The van der Waals surface area contributed by atoms with E-state index in [1.165, 1.54) is 0 Å². The smallest absolute Gasteiger partial charge is 0.338 e. The van der Waals surface area contributed by atoms with Crippen LogP contribution in [0.1, 0.15) is 23.1 Å². The minimum absolute atomic E-state index is 0.351. The average molecular weight is 305 g/mol. The van der Waals surface area contributed by atoms with Crippen molar-refractivity contribution in [3.63, 3.8) is 0 Å². The molecule has 2 aromatic rings. The van der Waals surface area contributed by atoms with Gasteiger partial charge in [-0.1, -0.05) is 13.0 Å². The highest BCUT2D eigenvalue weighted by Gasteiger charge is 2.15. The Morgan fingerprint density at radius 3 is 2.90 bits per heavy atom. The molecule has 6 heteroatoms. The number of aromatic carboxylic acids is 1. The van der Waals surface area contributed by atoms with Gasteiger partial charge in [-0.2, -0.15) is 0 Å². The number of imidazole rings is 1. The number of carboxylic acid groups (broad SMARTS) is 1. The topological polar surface area (TPSA) is 67.2 Å². The van der Waals surface area contributed by atoms with Crippen LogP contribution >= 0.6 is 11.8 Å². The molecular formula is C15H19N3O2S. The van der Waals surface area contributed by atoms with Crippen molar-refractivity contribution < 1.29 is 9.90 Å². The minimum atomic E-state index is -0.897. The number of nitrogens with zero attached hydrogens (tertiary/aromatic N) is 2. The third-order valence-electron chi connectivity index (χ3n) is 3.12. The number of anilines is 1. The summed E-state index contributed by atoms with van der Waals surface area (Å²) in [6.07, 6.45) is 4.40. The Labute approximate surface area is 128 Å². The largest absolute Gasteiger partial charge is 0.478 e. The summed E-state index contributed by atoms with van der Waals surface area (Å²) in [6.45, 7) is 2.66. The second-order valence-corrected chi connectivity index (χ2v) is 5.85. The first-order valence-electron chi connectivity index (χ1n) is 6.82. The van der Waals surface area contributed by atoms with E-state index in [1.54, 1.807) is 18.0 Å². The molecule has 2 N–H and O–H groups in total. The molecule has 2 rings (SSSR count). The van der Waals surface area contributed by atoms with Gasteiger partial charge in [0.2, 0.25) is 0 Å². The fourth-order valence-electron chi connectivity index (χ4n) is 2.12. The highest BCUT2D eigenvalue weighted by atomic mass is 32.2. The molecule has 0 radical (unpaired) electrons. The van der Waals surface area contributed by atoms with Gasteiger partial charge in [-0.3, -0.25) is 0 Å². The van der Waals surface area contributed by atoms with Gasteiger partial charge in [-0.25, -0.2) is 9.78 Å². The lowest BCUT2D eigenvalue weighted by Crippen LogP contribution is -2.12. The molecule has 1 heterocycles. The number of nitrogens with one attached hydrogen (secondary N) is 1. The van der Waals surface area contributed by atoms with Gasteiger partial charge in [0.1, 0.15) is 5.82 Å². The zero-order valence-corrected chi connectivity index (χ0v) is 13.0. The molecule has 5 nitrogen and oxygen atoms in total. The summed E-state index contributed by atoms with van der Waals surface area (Å²) in [5.41, 5.74) is 1.01. The van der Waals surface area contributed by atoms with Crippen LogP contribution in [0, 0.1) is 0 Å². The van der Waals surface area contributed by atoms with Crippen molar-refractivity contribution in [1.82, 2.24) is 9.55 Å². The Kier molecular flexibility index (Phi) is 5.27. The predicted octanol–water partition coefficient (Wildman–Crippen LogP) is 2.88. The summed E-state index contributed by atoms with van der Waals surface area (Å²) < 4.78 is 1.96. The first kappa shape index (κ1) is 15.4. The molecular weight excluding hydrogens is 286 g/mol. The molecule has 21 heavy (non-hydrogen) atoms. The molecule has 0 saturated carbocycles. The Morgan fingerprint density at radius 2 is 2.29 bits per heavy atom. The Balaban J connectivity index is 2.10. The normalized spacial score (nSPS) is 10.6. The molecule has 1 aromatic carbocycles. The molecule has 0 aliphatic heterocycles. The maximum atomic E-state index is 11.5. The molecule has 0 aliphatic carbocycles. The lowest BCUT2D eigenvalue weighted by molar-refractivity contribution is 0.0694. The van der Waals surface area contributed by atoms with Crippen LogP contribution < -0.4 is 5.32 Å². The maximum absolute atomic E-state index is 11.5. The van der Waals surface area contributed by atoms with Crippen LogP contribution in [-0.2, 0) is 13.5 Å².